The van der Waals surface area contributed by atoms with E-state index in [1.807, 2.05) is 0 Å². The second kappa shape index (κ2) is 13.5. The fraction of sp³-hybridized carbons (Fsp3) is 0.875. The van der Waals surface area contributed by atoms with Gasteiger partial charge in [0.15, 0.2) is 11.3 Å². The van der Waals surface area contributed by atoms with Crippen molar-refractivity contribution in [3.63, 3.8) is 0 Å². The van der Waals surface area contributed by atoms with E-state index in [9.17, 15) is 18.7 Å². The predicted octanol–water partition coefficient (Wildman–Crippen LogP) is 3.38. The minimum Gasteiger partial charge on any atom is -0.465 e. The van der Waals surface area contributed by atoms with Gasteiger partial charge in [0.1, 0.15) is 0 Å². The van der Waals surface area contributed by atoms with Gasteiger partial charge in [-0.05, 0) is 41.5 Å². The third-order valence-electron chi connectivity index (χ3n) is 3.27. The third-order valence-corrected chi connectivity index (χ3v) is 8.36. The average Bonchev–Trinajstić information content (AvgIpc) is 2.60. The standard InChI is InChI=1S/C16H32O10P2/c1-7-21-15(17)13(27(19,23-9-3)24-10-4)14(16(18)22-8-2)28(20,25-11-5)26-12-6/h13-14H,7-12H2,1-6H3. The lowest BCUT2D eigenvalue weighted by Crippen LogP contribution is -2.43. The Morgan fingerprint density at radius 1 is 0.571 bits per heavy atom. The van der Waals surface area contributed by atoms with Crippen molar-refractivity contribution in [1.29, 1.82) is 0 Å². The van der Waals surface area contributed by atoms with Crippen LogP contribution in [0.5, 0.6) is 0 Å². The van der Waals surface area contributed by atoms with Crippen molar-refractivity contribution in [3.8, 4) is 0 Å². The second-order valence-corrected chi connectivity index (χ2v) is 9.45. The van der Waals surface area contributed by atoms with E-state index in [1.54, 1.807) is 0 Å². The van der Waals surface area contributed by atoms with Crippen LogP contribution in [0.3, 0.4) is 0 Å². The van der Waals surface area contributed by atoms with Crippen LogP contribution in [0, 0.1) is 0 Å². The molecule has 12 heteroatoms. The maximum Gasteiger partial charge on any atom is 0.346 e. The maximum absolute atomic E-state index is 13.4. The van der Waals surface area contributed by atoms with Gasteiger partial charge in [-0.3, -0.25) is 18.7 Å². The Morgan fingerprint density at radius 2 is 0.821 bits per heavy atom. The van der Waals surface area contributed by atoms with Gasteiger partial charge in [-0.2, -0.15) is 0 Å². The fourth-order valence-electron chi connectivity index (χ4n) is 2.43. The van der Waals surface area contributed by atoms with Gasteiger partial charge < -0.3 is 27.6 Å². The SMILES string of the molecule is CCOC(=O)C(C(C(=O)OCC)P(=O)(OCC)OCC)P(=O)(OCC)OCC. The van der Waals surface area contributed by atoms with Crippen molar-refractivity contribution >= 4 is 27.1 Å². The van der Waals surface area contributed by atoms with E-state index in [0.29, 0.717) is 0 Å². The molecule has 0 bridgehead atoms. The largest absolute Gasteiger partial charge is 0.465 e. The van der Waals surface area contributed by atoms with Crippen molar-refractivity contribution in [2.24, 2.45) is 0 Å². The molecule has 2 atom stereocenters. The fourth-order valence-corrected chi connectivity index (χ4v) is 7.24. The van der Waals surface area contributed by atoms with Gasteiger partial charge in [0.2, 0.25) is 0 Å². The summed E-state index contributed by atoms with van der Waals surface area (Å²) in [5, 5.41) is 0. The van der Waals surface area contributed by atoms with E-state index in [4.69, 9.17) is 27.6 Å². The normalized spacial score (nSPS) is 14.4. The average molecular weight is 446 g/mol. The van der Waals surface area contributed by atoms with Gasteiger partial charge in [-0.15, -0.1) is 0 Å². The minimum atomic E-state index is -4.30. The first kappa shape index (κ1) is 27.2. The van der Waals surface area contributed by atoms with Crippen LogP contribution in [0.15, 0.2) is 0 Å². The van der Waals surface area contributed by atoms with E-state index in [0.717, 1.165) is 0 Å². The summed E-state index contributed by atoms with van der Waals surface area (Å²) in [7, 11) is -8.60. The summed E-state index contributed by atoms with van der Waals surface area (Å²) in [5.74, 6) is -2.16. The molecule has 2 unspecified atom stereocenters. The molecular weight excluding hydrogens is 414 g/mol. The molecule has 0 fully saturated rings. The quantitative estimate of drug-likeness (QED) is 0.273. The molecular formula is C16H32O10P2. The minimum absolute atomic E-state index is 0.0727. The Morgan fingerprint density at radius 3 is 1.00 bits per heavy atom. The number of hydrogen-bond donors (Lipinski definition) is 0. The smallest absolute Gasteiger partial charge is 0.346 e. The Balaban J connectivity index is 6.66. The monoisotopic (exact) mass is 446 g/mol. The molecule has 0 aromatic carbocycles. The van der Waals surface area contributed by atoms with Gasteiger partial charge in [-0.25, -0.2) is 0 Å². The number of carbonyl (C=O) groups is 2. The molecule has 0 rings (SSSR count). The van der Waals surface area contributed by atoms with Gasteiger partial charge in [-0.1, -0.05) is 0 Å². The van der Waals surface area contributed by atoms with Crippen molar-refractivity contribution in [3.05, 3.63) is 0 Å². The van der Waals surface area contributed by atoms with Crippen LogP contribution in [-0.4, -0.2) is 62.9 Å². The number of hydrogen-bond acceptors (Lipinski definition) is 10. The number of ether oxygens (including phenoxy) is 2. The van der Waals surface area contributed by atoms with E-state index in [2.05, 4.69) is 0 Å². The van der Waals surface area contributed by atoms with Gasteiger partial charge in [0.25, 0.3) is 0 Å². The zero-order valence-electron chi connectivity index (χ0n) is 17.4. The molecule has 0 aromatic heterocycles. The van der Waals surface area contributed by atoms with Crippen LogP contribution in [0.2, 0.25) is 0 Å². The van der Waals surface area contributed by atoms with Crippen LogP contribution in [0.1, 0.15) is 41.5 Å². The molecule has 0 amide bonds. The van der Waals surface area contributed by atoms with E-state index in [-0.39, 0.29) is 39.6 Å². The topological polar surface area (TPSA) is 124 Å². The highest BCUT2D eigenvalue weighted by atomic mass is 31.2. The molecule has 10 nitrogen and oxygen atoms in total. The zero-order chi connectivity index (χ0) is 21.8. The molecule has 0 saturated heterocycles. The lowest BCUT2D eigenvalue weighted by molar-refractivity contribution is -0.150. The van der Waals surface area contributed by atoms with Crippen LogP contribution in [0.25, 0.3) is 0 Å². The lowest BCUT2D eigenvalue weighted by atomic mass is 10.3. The summed E-state index contributed by atoms with van der Waals surface area (Å²) in [5.41, 5.74) is -3.76. The zero-order valence-corrected chi connectivity index (χ0v) is 19.2. The molecule has 0 heterocycles. The van der Waals surface area contributed by atoms with Gasteiger partial charge in [0, 0.05) is 0 Å². The maximum atomic E-state index is 13.4. The molecule has 0 radical (unpaired) electrons. The Bertz CT molecular complexity index is 510. The van der Waals surface area contributed by atoms with E-state index >= 15 is 0 Å². The van der Waals surface area contributed by atoms with Crippen molar-refractivity contribution in [2.45, 2.75) is 52.9 Å². The van der Waals surface area contributed by atoms with Crippen LogP contribution < -0.4 is 0 Å². The van der Waals surface area contributed by atoms with E-state index < -0.39 is 38.4 Å². The highest BCUT2D eigenvalue weighted by Crippen LogP contribution is 2.64. The highest BCUT2D eigenvalue weighted by molar-refractivity contribution is 7.60. The molecule has 0 aromatic rings. The molecule has 0 N–H and O–H groups in total. The number of esters is 2. The summed E-state index contributed by atoms with van der Waals surface area (Å²) < 4.78 is 57.9. The van der Waals surface area contributed by atoms with Gasteiger partial charge in [0.05, 0.1) is 39.6 Å². The lowest BCUT2D eigenvalue weighted by Gasteiger charge is -2.32. The molecule has 0 aliphatic carbocycles. The van der Waals surface area contributed by atoms with Gasteiger partial charge >= 0.3 is 27.1 Å². The first-order valence-electron chi connectivity index (χ1n) is 9.31. The molecule has 28 heavy (non-hydrogen) atoms. The molecule has 0 aliphatic heterocycles. The first-order chi connectivity index (χ1) is 13.2. The first-order valence-corrected chi connectivity index (χ1v) is 12.5. The van der Waals surface area contributed by atoms with Crippen molar-refractivity contribution in [1.82, 2.24) is 0 Å². The third kappa shape index (κ3) is 7.25. The highest BCUT2D eigenvalue weighted by Gasteiger charge is 2.59. The summed E-state index contributed by atoms with van der Waals surface area (Å²) in [6, 6.07) is 0. The predicted molar refractivity (Wildman–Crippen MR) is 103 cm³/mol. The molecule has 0 saturated carbocycles. The Kier molecular flexibility index (Phi) is 13.1. The van der Waals surface area contributed by atoms with Crippen molar-refractivity contribution < 1.29 is 46.3 Å². The summed E-state index contributed by atoms with van der Waals surface area (Å²) in [6.07, 6.45) is 0. The summed E-state index contributed by atoms with van der Waals surface area (Å²) in [4.78, 5) is 25.5. The van der Waals surface area contributed by atoms with Crippen LogP contribution in [-0.2, 0) is 46.3 Å². The number of carbonyl (C=O) groups excluding carboxylic acids is 2. The Labute approximate surface area is 166 Å². The molecule has 166 valence electrons. The summed E-state index contributed by atoms with van der Waals surface area (Å²) in [6.45, 7) is 8.73. The van der Waals surface area contributed by atoms with E-state index in [1.165, 1.54) is 41.5 Å². The second-order valence-electron chi connectivity index (χ2n) is 5.14. The molecule has 0 spiro atoms. The van der Waals surface area contributed by atoms with Crippen LogP contribution in [0.4, 0.5) is 0 Å². The van der Waals surface area contributed by atoms with Crippen LogP contribution >= 0.6 is 15.2 Å². The summed E-state index contributed by atoms with van der Waals surface area (Å²) >= 11 is 0. The number of rotatable bonds is 15. The Hall–Kier alpha value is -0.760. The molecule has 0 aliphatic rings. The van der Waals surface area contributed by atoms with Crippen molar-refractivity contribution in [2.75, 3.05) is 39.6 Å².